The molecule has 0 aromatic heterocycles. The van der Waals surface area contributed by atoms with Crippen molar-refractivity contribution in [3.63, 3.8) is 0 Å². The van der Waals surface area contributed by atoms with Crippen molar-refractivity contribution in [3.8, 4) is 11.1 Å². The smallest absolute Gasteiger partial charge is 0.216 e. The van der Waals surface area contributed by atoms with Crippen LogP contribution in [0.3, 0.4) is 0 Å². The van der Waals surface area contributed by atoms with Crippen LogP contribution in [-0.2, 0) is 11.3 Å². The van der Waals surface area contributed by atoms with Crippen LogP contribution in [0.4, 0.5) is 0 Å². The SMILES string of the molecule is CC(=O)NCCNCc1ccc(-c2ccccc2)c(Cl)c1.Cl. The van der Waals surface area contributed by atoms with Crippen molar-refractivity contribution in [3.05, 3.63) is 59.1 Å². The van der Waals surface area contributed by atoms with E-state index < -0.39 is 0 Å². The van der Waals surface area contributed by atoms with E-state index in [9.17, 15) is 4.79 Å². The minimum atomic E-state index is -0.00735. The topological polar surface area (TPSA) is 41.1 Å². The highest BCUT2D eigenvalue weighted by Crippen LogP contribution is 2.28. The normalized spacial score (nSPS) is 9.91. The van der Waals surface area contributed by atoms with Crippen LogP contribution in [0.25, 0.3) is 11.1 Å². The largest absolute Gasteiger partial charge is 0.355 e. The number of hydrogen-bond acceptors (Lipinski definition) is 2. The van der Waals surface area contributed by atoms with Crippen LogP contribution in [0.2, 0.25) is 5.02 Å². The fourth-order valence-electron chi connectivity index (χ4n) is 2.08. The maximum absolute atomic E-state index is 10.7. The van der Waals surface area contributed by atoms with Gasteiger partial charge < -0.3 is 10.6 Å². The third kappa shape index (κ3) is 5.68. The Kier molecular flexibility index (Phi) is 7.96. The summed E-state index contributed by atoms with van der Waals surface area (Å²) in [6.07, 6.45) is 0. The Bertz CT molecular complexity index is 603. The number of rotatable bonds is 6. The lowest BCUT2D eigenvalue weighted by Gasteiger charge is -2.09. The minimum Gasteiger partial charge on any atom is -0.355 e. The fraction of sp³-hybridized carbons (Fsp3) is 0.235. The van der Waals surface area contributed by atoms with Crippen molar-refractivity contribution < 1.29 is 4.79 Å². The van der Waals surface area contributed by atoms with E-state index in [0.717, 1.165) is 34.8 Å². The molecule has 5 heteroatoms. The molecule has 2 aromatic rings. The molecule has 3 nitrogen and oxygen atoms in total. The van der Waals surface area contributed by atoms with Gasteiger partial charge in [0.15, 0.2) is 0 Å². The van der Waals surface area contributed by atoms with Crippen molar-refractivity contribution in [2.24, 2.45) is 0 Å². The number of halogens is 2. The average molecular weight is 339 g/mol. The Hall–Kier alpha value is -1.55. The maximum atomic E-state index is 10.7. The van der Waals surface area contributed by atoms with Crippen molar-refractivity contribution in [1.82, 2.24) is 10.6 Å². The summed E-state index contributed by atoms with van der Waals surface area (Å²) >= 11 is 6.36. The number of carbonyl (C=O) groups is 1. The van der Waals surface area contributed by atoms with Gasteiger partial charge in [0.1, 0.15) is 0 Å². The molecule has 0 fully saturated rings. The quantitative estimate of drug-likeness (QED) is 0.789. The van der Waals surface area contributed by atoms with Crippen LogP contribution in [-0.4, -0.2) is 19.0 Å². The number of benzene rings is 2. The molecule has 0 atom stereocenters. The first-order valence-corrected chi connectivity index (χ1v) is 7.33. The Labute approximate surface area is 142 Å². The van der Waals surface area contributed by atoms with E-state index in [2.05, 4.69) is 16.7 Å². The molecule has 0 spiro atoms. The summed E-state index contributed by atoms with van der Waals surface area (Å²) in [5.74, 6) is -0.00735. The molecular formula is C17H20Cl2N2O. The van der Waals surface area contributed by atoms with Gasteiger partial charge in [-0.1, -0.05) is 54.1 Å². The summed E-state index contributed by atoms with van der Waals surface area (Å²) in [5.41, 5.74) is 3.29. The average Bonchev–Trinajstić information content (AvgIpc) is 2.47. The van der Waals surface area contributed by atoms with Gasteiger partial charge in [0.25, 0.3) is 0 Å². The zero-order chi connectivity index (χ0) is 15.1. The standard InChI is InChI=1S/C17H19ClN2O.ClH/c1-13(21)20-10-9-19-12-14-7-8-16(17(18)11-14)15-5-3-2-4-6-15;/h2-8,11,19H,9-10,12H2,1H3,(H,20,21);1H. The van der Waals surface area contributed by atoms with E-state index in [1.54, 1.807) is 0 Å². The molecule has 2 N–H and O–H groups in total. The predicted octanol–water partition coefficient (Wildman–Crippen LogP) is 3.65. The molecule has 0 unspecified atom stereocenters. The highest BCUT2D eigenvalue weighted by Gasteiger charge is 2.04. The summed E-state index contributed by atoms with van der Waals surface area (Å²) < 4.78 is 0. The molecule has 2 rings (SSSR count). The van der Waals surface area contributed by atoms with Gasteiger partial charge in [-0.25, -0.2) is 0 Å². The monoisotopic (exact) mass is 338 g/mol. The highest BCUT2D eigenvalue weighted by molar-refractivity contribution is 6.33. The molecule has 22 heavy (non-hydrogen) atoms. The summed E-state index contributed by atoms with van der Waals surface area (Å²) in [4.78, 5) is 10.7. The van der Waals surface area contributed by atoms with Crippen LogP contribution in [0.15, 0.2) is 48.5 Å². The van der Waals surface area contributed by atoms with E-state index in [1.807, 2.05) is 42.5 Å². The van der Waals surface area contributed by atoms with Gasteiger partial charge in [0.2, 0.25) is 5.91 Å². The fourth-order valence-corrected chi connectivity index (χ4v) is 2.39. The molecule has 1 amide bonds. The minimum absolute atomic E-state index is 0. The first-order chi connectivity index (χ1) is 10.2. The zero-order valence-corrected chi connectivity index (χ0v) is 14.0. The molecule has 0 aliphatic heterocycles. The van der Waals surface area contributed by atoms with Crippen LogP contribution < -0.4 is 10.6 Å². The number of carbonyl (C=O) groups excluding carboxylic acids is 1. The summed E-state index contributed by atoms with van der Waals surface area (Å²) in [6, 6.07) is 16.2. The molecule has 0 aliphatic carbocycles. The molecule has 2 aromatic carbocycles. The molecular weight excluding hydrogens is 319 g/mol. The summed E-state index contributed by atoms with van der Waals surface area (Å²) in [6.45, 7) is 3.61. The Morgan fingerprint density at radius 1 is 1.09 bits per heavy atom. The maximum Gasteiger partial charge on any atom is 0.216 e. The third-order valence-electron chi connectivity index (χ3n) is 3.12. The highest BCUT2D eigenvalue weighted by atomic mass is 35.5. The molecule has 0 aliphatic rings. The van der Waals surface area contributed by atoms with Gasteiger partial charge in [-0.3, -0.25) is 4.79 Å². The van der Waals surface area contributed by atoms with Gasteiger partial charge in [-0.05, 0) is 17.2 Å². The lowest BCUT2D eigenvalue weighted by atomic mass is 10.0. The van der Waals surface area contributed by atoms with E-state index in [1.165, 1.54) is 6.92 Å². The van der Waals surface area contributed by atoms with E-state index in [-0.39, 0.29) is 18.3 Å². The van der Waals surface area contributed by atoms with Crippen LogP contribution in [0, 0.1) is 0 Å². The van der Waals surface area contributed by atoms with Crippen LogP contribution in [0.1, 0.15) is 12.5 Å². The van der Waals surface area contributed by atoms with Crippen molar-refractivity contribution in [1.29, 1.82) is 0 Å². The van der Waals surface area contributed by atoms with Crippen LogP contribution in [0.5, 0.6) is 0 Å². The van der Waals surface area contributed by atoms with E-state index >= 15 is 0 Å². The van der Waals surface area contributed by atoms with Gasteiger partial charge in [-0.2, -0.15) is 0 Å². The van der Waals surface area contributed by atoms with Crippen molar-refractivity contribution >= 4 is 29.9 Å². The second-order valence-electron chi connectivity index (χ2n) is 4.84. The van der Waals surface area contributed by atoms with E-state index in [0.29, 0.717) is 6.54 Å². The number of nitrogens with one attached hydrogen (secondary N) is 2. The molecule has 0 radical (unpaired) electrons. The van der Waals surface area contributed by atoms with Gasteiger partial charge >= 0.3 is 0 Å². The molecule has 0 saturated heterocycles. The lowest BCUT2D eigenvalue weighted by Crippen LogP contribution is -2.29. The Balaban J connectivity index is 0.00000242. The van der Waals surface area contributed by atoms with Crippen LogP contribution >= 0.6 is 24.0 Å². The van der Waals surface area contributed by atoms with Gasteiger partial charge in [0, 0.05) is 37.1 Å². The zero-order valence-electron chi connectivity index (χ0n) is 12.4. The first kappa shape index (κ1) is 18.5. The molecule has 0 heterocycles. The predicted molar refractivity (Wildman–Crippen MR) is 94.5 cm³/mol. The third-order valence-corrected chi connectivity index (χ3v) is 3.44. The summed E-state index contributed by atoms with van der Waals surface area (Å²) in [5, 5.41) is 6.77. The molecule has 0 bridgehead atoms. The second-order valence-corrected chi connectivity index (χ2v) is 5.25. The Morgan fingerprint density at radius 3 is 2.45 bits per heavy atom. The van der Waals surface area contributed by atoms with Gasteiger partial charge in [0.05, 0.1) is 0 Å². The van der Waals surface area contributed by atoms with Crippen molar-refractivity contribution in [2.75, 3.05) is 13.1 Å². The number of hydrogen-bond donors (Lipinski definition) is 2. The lowest BCUT2D eigenvalue weighted by molar-refractivity contribution is -0.118. The summed E-state index contributed by atoms with van der Waals surface area (Å²) in [7, 11) is 0. The van der Waals surface area contributed by atoms with Crippen molar-refractivity contribution in [2.45, 2.75) is 13.5 Å². The second kappa shape index (κ2) is 9.46. The van der Waals surface area contributed by atoms with E-state index in [4.69, 9.17) is 11.6 Å². The Morgan fingerprint density at radius 2 is 1.82 bits per heavy atom. The number of amides is 1. The molecule has 0 saturated carbocycles. The molecule has 118 valence electrons. The first-order valence-electron chi connectivity index (χ1n) is 6.96. The van der Waals surface area contributed by atoms with Gasteiger partial charge in [-0.15, -0.1) is 12.4 Å².